The second-order valence-corrected chi connectivity index (χ2v) is 9.91. The molecule has 0 bridgehead atoms. The molecule has 0 N–H and O–H groups in total. The van der Waals surface area contributed by atoms with Crippen LogP contribution < -0.4 is 9.47 Å². The molecule has 4 rings (SSSR count). The summed E-state index contributed by atoms with van der Waals surface area (Å²) in [6.45, 7) is 0.843. The van der Waals surface area contributed by atoms with Crippen molar-refractivity contribution in [3.05, 3.63) is 83.7 Å². The van der Waals surface area contributed by atoms with E-state index in [9.17, 15) is 17.6 Å². The number of carbonyl (C=O) groups excluding carboxylic acids is 1. The summed E-state index contributed by atoms with van der Waals surface area (Å²) in [5.74, 6) is 0.982. The molecule has 1 aliphatic heterocycles. The zero-order chi connectivity index (χ0) is 26.4. The molecular weight excluding hydrogens is 505 g/mol. The molecule has 0 amide bonds. The van der Waals surface area contributed by atoms with Gasteiger partial charge in [-0.2, -0.15) is 4.31 Å². The van der Waals surface area contributed by atoms with Crippen LogP contribution in [0.5, 0.6) is 17.2 Å². The third kappa shape index (κ3) is 6.19. The molecule has 1 unspecified atom stereocenters. The van der Waals surface area contributed by atoms with Crippen molar-refractivity contribution < 1.29 is 41.3 Å². The van der Waals surface area contributed by atoms with Crippen molar-refractivity contribution in [1.29, 1.82) is 0 Å². The Morgan fingerprint density at radius 1 is 0.946 bits per heavy atom. The first-order valence-corrected chi connectivity index (χ1v) is 12.8. The van der Waals surface area contributed by atoms with Crippen LogP contribution in [0.25, 0.3) is 0 Å². The molecule has 9 nitrogen and oxygen atoms in total. The summed E-state index contributed by atoms with van der Waals surface area (Å²) in [5.41, 5.74) is 1.30. The van der Waals surface area contributed by atoms with Crippen molar-refractivity contribution in [2.75, 3.05) is 34.0 Å². The van der Waals surface area contributed by atoms with E-state index in [0.29, 0.717) is 42.4 Å². The average Bonchev–Trinajstić information content (AvgIpc) is 2.90. The number of methoxy groups -OCH3 is 2. The van der Waals surface area contributed by atoms with E-state index >= 15 is 0 Å². The molecule has 1 heterocycles. The van der Waals surface area contributed by atoms with E-state index in [1.807, 2.05) is 0 Å². The Kier molecular flexibility index (Phi) is 8.27. The molecule has 0 saturated carbocycles. The van der Waals surface area contributed by atoms with Crippen molar-refractivity contribution in [2.24, 2.45) is 0 Å². The van der Waals surface area contributed by atoms with Crippen molar-refractivity contribution in [1.82, 2.24) is 4.31 Å². The first-order valence-electron chi connectivity index (χ1n) is 11.4. The zero-order valence-electron chi connectivity index (χ0n) is 20.3. The zero-order valence-corrected chi connectivity index (χ0v) is 21.1. The Balaban J connectivity index is 1.58. The van der Waals surface area contributed by atoms with Crippen LogP contribution in [-0.4, -0.2) is 52.9 Å². The quantitative estimate of drug-likeness (QED) is 0.290. The maximum absolute atomic E-state index is 13.6. The van der Waals surface area contributed by atoms with Crippen molar-refractivity contribution in [3.63, 3.8) is 0 Å². The summed E-state index contributed by atoms with van der Waals surface area (Å²) in [5, 5.41) is 0. The number of benzene rings is 3. The van der Waals surface area contributed by atoms with E-state index in [4.69, 9.17) is 18.9 Å². The van der Waals surface area contributed by atoms with Crippen LogP contribution in [0, 0.1) is 5.82 Å². The molecule has 0 aliphatic carbocycles. The molecule has 3 aromatic carbocycles. The monoisotopic (exact) mass is 531 g/mol. The third-order valence-corrected chi connectivity index (χ3v) is 7.51. The number of fused-ring (bicyclic) bond motifs is 1. The summed E-state index contributed by atoms with van der Waals surface area (Å²) < 4.78 is 67.8. The lowest BCUT2D eigenvalue weighted by molar-refractivity contribution is -0.0149. The van der Waals surface area contributed by atoms with E-state index < -0.39 is 28.2 Å². The van der Waals surface area contributed by atoms with Gasteiger partial charge < -0.3 is 23.7 Å². The molecule has 0 radical (unpaired) electrons. The maximum Gasteiger partial charge on any atom is 0.509 e. The Morgan fingerprint density at radius 2 is 1.59 bits per heavy atom. The lowest BCUT2D eigenvalue weighted by atomic mass is 9.99. The minimum atomic E-state index is -4.08. The fourth-order valence-electron chi connectivity index (χ4n) is 3.84. The van der Waals surface area contributed by atoms with Gasteiger partial charge in [0.1, 0.15) is 29.7 Å². The van der Waals surface area contributed by atoms with Gasteiger partial charge >= 0.3 is 6.16 Å². The topological polar surface area (TPSA) is 101 Å². The minimum Gasteiger partial charge on any atom is -0.491 e. The Labute approximate surface area is 214 Å². The van der Waals surface area contributed by atoms with E-state index in [1.165, 1.54) is 48.5 Å². The van der Waals surface area contributed by atoms with E-state index in [-0.39, 0.29) is 11.4 Å². The standard InChI is InChI=1S/C26H26FNO8S/c1-32-15-16-34-22-9-12-24-18(17-22)13-14-28(25(24)36-26(29)33-2)37(30,31)23-10-7-21(8-11-23)35-20-5-3-19(27)4-6-20/h3-12,17,25H,13-16H2,1-2H3. The highest BCUT2D eigenvalue weighted by molar-refractivity contribution is 7.89. The highest BCUT2D eigenvalue weighted by atomic mass is 32.2. The van der Waals surface area contributed by atoms with Gasteiger partial charge in [-0.15, -0.1) is 0 Å². The molecule has 37 heavy (non-hydrogen) atoms. The van der Waals surface area contributed by atoms with Crippen LogP contribution in [0.2, 0.25) is 0 Å². The van der Waals surface area contributed by atoms with Gasteiger partial charge in [0.25, 0.3) is 0 Å². The number of halogens is 1. The van der Waals surface area contributed by atoms with Gasteiger partial charge in [0.05, 0.1) is 18.6 Å². The minimum absolute atomic E-state index is 0.0135. The number of hydrogen-bond donors (Lipinski definition) is 0. The fourth-order valence-corrected chi connectivity index (χ4v) is 5.33. The summed E-state index contributed by atoms with van der Waals surface area (Å²) in [4.78, 5) is 12.0. The third-order valence-electron chi connectivity index (χ3n) is 5.65. The van der Waals surface area contributed by atoms with Gasteiger partial charge in [-0.05, 0) is 78.7 Å². The predicted octanol–water partition coefficient (Wildman–Crippen LogP) is 4.67. The Morgan fingerprint density at radius 3 is 2.24 bits per heavy atom. The number of nitrogens with zero attached hydrogens (tertiary/aromatic N) is 1. The van der Waals surface area contributed by atoms with Gasteiger partial charge in [0.15, 0.2) is 6.23 Å². The smallest absolute Gasteiger partial charge is 0.491 e. The molecule has 0 spiro atoms. The summed E-state index contributed by atoms with van der Waals surface area (Å²) in [6.07, 6.45) is -1.87. The lowest BCUT2D eigenvalue weighted by Crippen LogP contribution is -2.42. The SMILES string of the molecule is COCCOc1ccc2c(c1)CCN(S(=O)(=O)c1ccc(Oc3ccc(F)cc3)cc1)C2OC(=O)OC. The molecule has 0 aromatic heterocycles. The second kappa shape index (κ2) is 11.6. The van der Waals surface area contributed by atoms with E-state index in [0.717, 1.165) is 17.0 Å². The number of ether oxygens (including phenoxy) is 5. The summed E-state index contributed by atoms with van der Waals surface area (Å²) >= 11 is 0. The van der Waals surface area contributed by atoms with Gasteiger partial charge in [-0.1, -0.05) is 0 Å². The molecule has 1 aliphatic rings. The first-order chi connectivity index (χ1) is 17.8. The molecule has 1 atom stereocenters. The lowest BCUT2D eigenvalue weighted by Gasteiger charge is -2.35. The highest BCUT2D eigenvalue weighted by Gasteiger charge is 2.39. The summed E-state index contributed by atoms with van der Waals surface area (Å²) in [6, 6.07) is 16.4. The van der Waals surface area contributed by atoms with Gasteiger partial charge in [0.2, 0.25) is 10.0 Å². The predicted molar refractivity (Wildman–Crippen MR) is 131 cm³/mol. The molecule has 196 valence electrons. The van der Waals surface area contributed by atoms with E-state index in [2.05, 4.69) is 4.74 Å². The summed E-state index contributed by atoms with van der Waals surface area (Å²) in [7, 11) is -1.36. The van der Waals surface area contributed by atoms with Gasteiger partial charge in [-0.3, -0.25) is 0 Å². The number of carbonyl (C=O) groups is 1. The van der Waals surface area contributed by atoms with E-state index in [1.54, 1.807) is 25.3 Å². The van der Waals surface area contributed by atoms with Gasteiger partial charge in [0, 0.05) is 19.2 Å². The largest absolute Gasteiger partial charge is 0.509 e. The fraction of sp³-hybridized carbons (Fsp3) is 0.269. The van der Waals surface area contributed by atoms with Crippen LogP contribution in [0.15, 0.2) is 71.6 Å². The Hall–Kier alpha value is -3.67. The Bertz CT molecular complexity index is 1330. The highest BCUT2D eigenvalue weighted by Crippen LogP contribution is 2.37. The maximum atomic E-state index is 13.6. The van der Waals surface area contributed by atoms with Crippen molar-refractivity contribution in [3.8, 4) is 17.2 Å². The van der Waals surface area contributed by atoms with Gasteiger partial charge in [-0.25, -0.2) is 17.6 Å². The second-order valence-electron chi connectivity index (χ2n) is 8.02. The van der Waals surface area contributed by atoms with Crippen LogP contribution >= 0.6 is 0 Å². The van der Waals surface area contributed by atoms with Crippen LogP contribution in [0.4, 0.5) is 9.18 Å². The molecule has 3 aromatic rings. The van der Waals surface area contributed by atoms with Crippen molar-refractivity contribution >= 4 is 16.2 Å². The van der Waals surface area contributed by atoms with Crippen LogP contribution in [0.1, 0.15) is 17.4 Å². The first kappa shape index (κ1) is 26.4. The number of hydrogen-bond acceptors (Lipinski definition) is 8. The molecule has 0 fully saturated rings. The molecule has 0 saturated heterocycles. The normalized spacial score (nSPS) is 15.5. The van der Waals surface area contributed by atoms with Crippen LogP contribution in [-0.2, 0) is 30.7 Å². The average molecular weight is 532 g/mol. The number of rotatable bonds is 9. The molecular formula is C26H26FNO8S. The number of sulfonamides is 1. The molecule has 11 heteroatoms. The van der Waals surface area contributed by atoms with Crippen LogP contribution in [0.3, 0.4) is 0 Å². The van der Waals surface area contributed by atoms with Crippen molar-refractivity contribution in [2.45, 2.75) is 17.5 Å².